The lowest BCUT2D eigenvalue weighted by Crippen LogP contribution is -2.59. The van der Waals surface area contributed by atoms with Crippen LogP contribution in [-0.2, 0) is 14.4 Å². The Morgan fingerprint density at radius 2 is 1.90 bits per heavy atom. The van der Waals surface area contributed by atoms with Gasteiger partial charge in [-0.2, -0.15) is 0 Å². The highest BCUT2D eigenvalue weighted by Crippen LogP contribution is 2.34. The van der Waals surface area contributed by atoms with Gasteiger partial charge in [-0.05, 0) is 50.4 Å². The molecule has 0 saturated carbocycles. The maximum Gasteiger partial charge on any atom is 0.247 e. The van der Waals surface area contributed by atoms with Gasteiger partial charge >= 0.3 is 0 Å². The van der Waals surface area contributed by atoms with E-state index in [0.29, 0.717) is 53.4 Å². The van der Waals surface area contributed by atoms with E-state index in [1.165, 1.54) is 13.4 Å². The predicted molar refractivity (Wildman–Crippen MR) is 157 cm³/mol. The molecule has 0 radical (unpaired) electrons. The van der Waals surface area contributed by atoms with Crippen molar-refractivity contribution in [2.24, 2.45) is 5.41 Å². The molecule has 3 amide bonds. The van der Waals surface area contributed by atoms with Gasteiger partial charge in [-0.1, -0.05) is 26.8 Å². The summed E-state index contributed by atoms with van der Waals surface area (Å²) in [5.74, 6) is 0.645. The van der Waals surface area contributed by atoms with Gasteiger partial charge < -0.3 is 30.9 Å². The fraction of sp³-hybridized carbons (Fsp3) is 0.448. The Hall–Kier alpha value is -4.32. The third kappa shape index (κ3) is 6.71. The number of anilines is 3. The quantitative estimate of drug-likeness (QED) is 0.309. The summed E-state index contributed by atoms with van der Waals surface area (Å²) < 4.78 is 5.57. The number of likely N-dealkylation sites (tertiary alicyclic amines) is 1. The van der Waals surface area contributed by atoms with Crippen LogP contribution in [-0.4, -0.2) is 76.4 Å². The van der Waals surface area contributed by atoms with Crippen molar-refractivity contribution >= 4 is 45.9 Å². The number of hydrogen-bond acceptors (Lipinski definition) is 9. The summed E-state index contributed by atoms with van der Waals surface area (Å²) >= 11 is 0. The van der Waals surface area contributed by atoms with Crippen LogP contribution in [0.5, 0.6) is 5.75 Å². The number of nitrogens with zero attached hydrogens (tertiary/aromatic N) is 4. The van der Waals surface area contributed by atoms with Crippen molar-refractivity contribution in [3.63, 3.8) is 0 Å². The number of amides is 3. The van der Waals surface area contributed by atoms with Crippen molar-refractivity contribution in [1.29, 1.82) is 0 Å². The first-order valence-corrected chi connectivity index (χ1v) is 13.6. The monoisotopic (exact) mass is 562 g/mol. The van der Waals surface area contributed by atoms with Gasteiger partial charge in [-0.3, -0.25) is 14.4 Å². The number of carbonyl (C=O) groups is 3. The molecule has 0 spiro atoms. The highest BCUT2D eigenvalue weighted by molar-refractivity contribution is 6.03. The van der Waals surface area contributed by atoms with Gasteiger partial charge in [0.25, 0.3) is 0 Å². The van der Waals surface area contributed by atoms with E-state index in [4.69, 9.17) is 4.74 Å². The van der Waals surface area contributed by atoms with Crippen molar-refractivity contribution in [3.8, 4) is 5.75 Å². The Bertz CT molecular complexity index is 1410. The Balaban J connectivity index is 1.59. The van der Waals surface area contributed by atoms with Crippen LogP contribution in [0, 0.1) is 5.41 Å². The van der Waals surface area contributed by atoms with E-state index < -0.39 is 23.5 Å². The number of methoxy groups -OCH3 is 1. The Morgan fingerprint density at radius 1 is 1.12 bits per heavy atom. The lowest BCUT2D eigenvalue weighted by atomic mass is 9.85. The minimum Gasteiger partial charge on any atom is -0.494 e. The highest BCUT2D eigenvalue weighted by atomic mass is 16.5. The molecule has 12 nitrogen and oxygen atoms in total. The van der Waals surface area contributed by atoms with E-state index in [1.54, 1.807) is 37.2 Å². The van der Waals surface area contributed by atoms with Gasteiger partial charge in [-0.25, -0.2) is 15.0 Å². The molecule has 1 saturated heterocycles. The third-order valence-corrected chi connectivity index (χ3v) is 7.19. The van der Waals surface area contributed by atoms with E-state index in [2.05, 4.69) is 36.2 Å². The van der Waals surface area contributed by atoms with Crippen LogP contribution >= 0.6 is 0 Å². The van der Waals surface area contributed by atoms with Crippen molar-refractivity contribution < 1.29 is 19.1 Å². The number of likely N-dealkylation sites (N-methyl/N-ethyl adjacent to an activating group) is 1. The van der Waals surface area contributed by atoms with Gasteiger partial charge in [0, 0.05) is 24.2 Å². The molecule has 1 aliphatic heterocycles. The van der Waals surface area contributed by atoms with E-state index in [1.807, 2.05) is 39.0 Å². The van der Waals surface area contributed by atoms with Gasteiger partial charge in [0.05, 0.1) is 24.4 Å². The Kier molecular flexibility index (Phi) is 9.01. The predicted octanol–water partition coefficient (Wildman–Crippen LogP) is 2.85. The lowest BCUT2D eigenvalue weighted by molar-refractivity contribution is -0.143. The summed E-state index contributed by atoms with van der Waals surface area (Å²) in [5.41, 5.74) is 0.472. The van der Waals surface area contributed by atoms with Crippen molar-refractivity contribution in [1.82, 2.24) is 30.5 Å². The Morgan fingerprint density at radius 3 is 2.56 bits per heavy atom. The number of carbonyl (C=O) groups excluding carboxylic acids is 3. The molecule has 0 bridgehead atoms. The molecule has 1 aromatic carbocycles. The first kappa shape index (κ1) is 29.7. The number of pyridine rings is 1. The largest absolute Gasteiger partial charge is 0.494 e. The number of rotatable bonds is 9. The van der Waals surface area contributed by atoms with Gasteiger partial charge in [0.1, 0.15) is 35.8 Å². The summed E-state index contributed by atoms with van der Waals surface area (Å²) in [5, 5.41) is 12.6. The van der Waals surface area contributed by atoms with E-state index in [-0.39, 0.29) is 17.7 Å². The second-order valence-corrected chi connectivity index (χ2v) is 11.1. The molecular weight excluding hydrogens is 524 g/mol. The van der Waals surface area contributed by atoms with Crippen LogP contribution in [0.3, 0.4) is 0 Å². The molecule has 2 aromatic heterocycles. The van der Waals surface area contributed by atoms with Crippen LogP contribution in [0.25, 0.3) is 10.9 Å². The molecule has 0 aliphatic carbocycles. The molecule has 1 aliphatic rings. The minimum absolute atomic E-state index is 0.279. The highest BCUT2D eigenvalue weighted by Gasteiger charge is 2.42. The maximum atomic E-state index is 13.8. The normalized spacial score (nSPS) is 16.6. The second-order valence-electron chi connectivity index (χ2n) is 11.1. The standard InChI is InChI=1S/C29H38N8O4/c1-17(30-5)26(38)36-24(29(2,3)4)28(40)37-13-9-10-21(37)27(39)34-20-14-18-19(15-22(20)41-6)32-16-33-25(18)35-23-11-7-8-12-31-23/h7-8,11-12,14-17,21,24,30H,9-10,13H2,1-6H3,(H,34,39)(H,36,38)(H,31,32,33,35)/t17-,21-,24+/m0/s1. The van der Waals surface area contributed by atoms with Crippen LogP contribution in [0.15, 0.2) is 42.9 Å². The summed E-state index contributed by atoms with van der Waals surface area (Å²) in [4.78, 5) is 54.7. The molecule has 218 valence electrons. The number of nitrogens with one attached hydrogen (secondary N) is 4. The summed E-state index contributed by atoms with van der Waals surface area (Å²) in [6.07, 6.45) is 4.28. The molecular formula is C29H38N8O4. The van der Waals surface area contributed by atoms with Crippen LogP contribution in [0.1, 0.15) is 40.5 Å². The first-order valence-electron chi connectivity index (χ1n) is 13.6. The van der Waals surface area contributed by atoms with Crippen molar-refractivity contribution in [2.45, 2.75) is 58.7 Å². The topological polar surface area (TPSA) is 150 Å². The van der Waals surface area contributed by atoms with Crippen molar-refractivity contribution in [2.75, 3.05) is 31.3 Å². The molecule has 4 N–H and O–H groups in total. The summed E-state index contributed by atoms with van der Waals surface area (Å²) in [6.45, 7) is 7.82. The molecule has 4 rings (SSSR count). The van der Waals surface area contributed by atoms with Crippen LogP contribution in [0.2, 0.25) is 0 Å². The average Bonchev–Trinajstić information content (AvgIpc) is 3.45. The molecule has 3 aromatic rings. The number of ether oxygens (including phenoxy) is 1. The number of hydrogen-bond donors (Lipinski definition) is 4. The zero-order chi connectivity index (χ0) is 29.7. The van der Waals surface area contributed by atoms with Crippen molar-refractivity contribution in [3.05, 3.63) is 42.9 Å². The summed E-state index contributed by atoms with van der Waals surface area (Å²) in [7, 11) is 3.20. The van der Waals surface area contributed by atoms with E-state index in [0.717, 1.165) is 0 Å². The first-order chi connectivity index (χ1) is 19.5. The molecule has 3 atom stereocenters. The van der Waals surface area contributed by atoms with Gasteiger partial charge in [0.2, 0.25) is 17.7 Å². The third-order valence-electron chi connectivity index (χ3n) is 7.19. The zero-order valence-electron chi connectivity index (χ0n) is 24.3. The van der Waals surface area contributed by atoms with Crippen LogP contribution in [0.4, 0.5) is 17.3 Å². The zero-order valence-corrected chi connectivity index (χ0v) is 24.3. The van der Waals surface area contributed by atoms with E-state index >= 15 is 0 Å². The molecule has 3 heterocycles. The average molecular weight is 563 g/mol. The molecule has 1 fully saturated rings. The fourth-order valence-electron chi connectivity index (χ4n) is 4.74. The summed E-state index contributed by atoms with van der Waals surface area (Å²) in [6, 6.07) is 7.00. The fourth-order valence-corrected chi connectivity index (χ4v) is 4.74. The number of fused-ring (bicyclic) bond motifs is 1. The molecule has 41 heavy (non-hydrogen) atoms. The second kappa shape index (κ2) is 12.5. The molecule has 0 unspecified atom stereocenters. The van der Waals surface area contributed by atoms with Crippen LogP contribution < -0.4 is 26.0 Å². The number of benzene rings is 1. The number of aromatic nitrogens is 3. The molecule has 12 heteroatoms. The Labute approximate surface area is 239 Å². The lowest BCUT2D eigenvalue weighted by Gasteiger charge is -2.36. The van der Waals surface area contributed by atoms with Gasteiger partial charge in [0.15, 0.2) is 0 Å². The van der Waals surface area contributed by atoms with E-state index in [9.17, 15) is 14.4 Å². The maximum absolute atomic E-state index is 13.8. The minimum atomic E-state index is -0.799. The smallest absolute Gasteiger partial charge is 0.247 e. The van der Waals surface area contributed by atoms with Gasteiger partial charge in [-0.15, -0.1) is 0 Å². The SMILES string of the molecule is CN[C@@H](C)C(=O)N[C@H](C(=O)N1CCC[C@H]1C(=O)Nc1cc2c(Nc3ccccn3)ncnc2cc1OC)C(C)(C)C.